The van der Waals surface area contributed by atoms with Gasteiger partial charge in [-0.3, -0.25) is 4.79 Å². The van der Waals surface area contributed by atoms with Gasteiger partial charge in [-0.25, -0.2) is 0 Å². The van der Waals surface area contributed by atoms with Crippen LogP contribution in [0.1, 0.15) is 22.8 Å². The summed E-state index contributed by atoms with van der Waals surface area (Å²) in [5.41, 5.74) is 1.12. The highest BCUT2D eigenvalue weighted by Gasteiger charge is 2.23. The van der Waals surface area contributed by atoms with Gasteiger partial charge >= 0.3 is 0 Å². The largest absolute Gasteiger partial charge is 0.333 e. The van der Waals surface area contributed by atoms with Crippen molar-refractivity contribution in [3.8, 4) is 6.07 Å². The number of carbonyl (C=O) groups excluding carboxylic acids is 1. The number of nitrogens with zero attached hydrogens (tertiary/aromatic N) is 2. The molecule has 4 nitrogen and oxygen atoms in total. The molecule has 88 valence electrons. The van der Waals surface area contributed by atoms with Crippen molar-refractivity contribution in [1.82, 2.24) is 10.2 Å². The van der Waals surface area contributed by atoms with E-state index in [1.165, 1.54) is 0 Å². The van der Waals surface area contributed by atoms with Gasteiger partial charge in [-0.1, -0.05) is 6.07 Å². The third-order valence-electron chi connectivity index (χ3n) is 3.00. The molecule has 4 heteroatoms. The molecular formula is C13H15N3O. The molecule has 1 saturated heterocycles. The van der Waals surface area contributed by atoms with E-state index in [-0.39, 0.29) is 11.9 Å². The van der Waals surface area contributed by atoms with Crippen LogP contribution < -0.4 is 5.32 Å². The van der Waals surface area contributed by atoms with Gasteiger partial charge < -0.3 is 10.2 Å². The first-order chi connectivity index (χ1) is 8.22. The average molecular weight is 229 g/mol. The summed E-state index contributed by atoms with van der Waals surface area (Å²) in [5, 5.41) is 12.1. The number of benzene rings is 1. The Kier molecular flexibility index (Phi) is 3.40. The first kappa shape index (κ1) is 11.6. The lowest BCUT2D eigenvalue weighted by atomic mass is 10.1. The molecule has 0 saturated carbocycles. The van der Waals surface area contributed by atoms with Gasteiger partial charge in [0.15, 0.2) is 0 Å². The Balaban J connectivity index is 2.21. The molecule has 1 atom stereocenters. The van der Waals surface area contributed by atoms with E-state index in [4.69, 9.17) is 5.26 Å². The second-order valence-electron chi connectivity index (χ2n) is 4.24. The van der Waals surface area contributed by atoms with Crippen LogP contribution in [0.5, 0.6) is 0 Å². The van der Waals surface area contributed by atoms with E-state index in [0.29, 0.717) is 11.1 Å². The number of piperazine rings is 1. The fraction of sp³-hybridized carbons (Fsp3) is 0.385. The van der Waals surface area contributed by atoms with E-state index in [2.05, 4.69) is 11.4 Å². The van der Waals surface area contributed by atoms with Crippen molar-refractivity contribution in [2.45, 2.75) is 13.0 Å². The van der Waals surface area contributed by atoms with Crippen LogP contribution in [0.3, 0.4) is 0 Å². The van der Waals surface area contributed by atoms with E-state index >= 15 is 0 Å². The fourth-order valence-corrected chi connectivity index (χ4v) is 2.03. The van der Waals surface area contributed by atoms with Crippen LogP contribution >= 0.6 is 0 Å². The van der Waals surface area contributed by atoms with Gasteiger partial charge in [0.1, 0.15) is 0 Å². The van der Waals surface area contributed by atoms with E-state index in [0.717, 1.165) is 19.6 Å². The van der Waals surface area contributed by atoms with Crippen molar-refractivity contribution in [3.05, 3.63) is 35.4 Å². The smallest absolute Gasteiger partial charge is 0.254 e. The molecule has 0 spiro atoms. The Morgan fingerprint density at radius 3 is 3.12 bits per heavy atom. The average Bonchev–Trinajstić information content (AvgIpc) is 2.38. The molecule has 0 radical (unpaired) electrons. The van der Waals surface area contributed by atoms with Gasteiger partial charge in [0.25, 0.3) is 5.91 Å². The maximum Gasteiger partial charge on any atom is 0.254 e. The van der Waals surface area contributed by atoms with Crippen LogP contribution in [0.2, 0.25) is 0 Å². The Hall–Kier alpha value is -1.86. The summed E-state index contributed by atoms with van der Waals surface area (Å²) in [6.45, 7) is 4.40. The first-order valence-electron chi connectivity index (χ1n) is 5.74. The molecule has 2 rings (SSSR count). The van der Waals surface area contributed by atoms with Crippen molar-refractivity contribution < 1.29 is 4.79 Å². The number of hydrogen-bond donors (Lipinski definition) is 1. The first-order valence-corrected chi connectivity index (χ1v) is 5.74. The molecule has 1 heterocycles. The minimum atomic E-state index is 0.0103. The second kappa shape index (κ2) is 4.98. The van der Waals surface area contributed by atoms with Gasteiger partial charge in [0.05, 0.1) is 11.6 Å². The molecule has 1 fully saturated rings. The number of hydrogen-bond acceptors (Lipinski definition) is 3. The zero-order valence-corrected chi connectivity index (χ0v) is 9.81. The number of nitrogens with one attached hydrogen (secondary N) is 1. The fourth-order valence-electron chi connectivity index (χ4n) is 2.03. The van der Waals surface area contributed by atoms with Crippen LogP contribution in [0.25, 0.3) is 0 Å². The summed E-state index contributed by atoms with van der Waals surface area (Å²) in [5.74, 6) is 0.0103. The second-order valence-corrected chi connectivity index (χ2v) is 4.24. The van der Waals surface area contributed by atoms with Gasteiger partial charge in [0.2, 0.25) is 0 Å². The molecule has 1 aliphatic rings. The lowest BCUT2D eigenvalue weighted by Gasteiger charge is -2.34. The Labute approximate surface area is 101 Å². The van der Waals surface area contributed by atoms with E-state index < -0.39 is 0 Å². The molecule has 1 aromatic rings. The monoisotopic (exact) mass is 229 g/mol. The molecule has 0 aliphatic carbocycles. The highest BCUT2D eigenvalue weighted by atomic mass is 16.2. The maximum atomic E-state index is 12.3. The van der Waals surface area contributed by atoms with E-state index in [1.54, 1.807) is 24.3 Å². The Morgan fingerprint density at radius 2 is 2.41 bits per heavy atom. The molecule has 1 aromatic carbocycles. The molecule has 1 aliphatic heterocycles. The van der Waals surface area contributed by atoms with Crippen molar-refractivity contribution in [3.63, 3.8) is 0 Å². The van der Waals surface area contributed by atoms with Crippen LogP contribution in [-0.4, -0.2) is 36.5 Å². The number of nitriles is 1. The van der Waals surface area contributed by atoms with Gasteiger partial charge in [-0.05, 0) is 25.1 Å². The summed E-state index contributed by atoms with van der Waals surface area (Å²) in [6.07, 6.45) is 0. The summed E-state index contributed by atoms with van der Waals surface area (Å²) in [7, 11) is 0. The highest BCUT2D eigenvalue weighted by Crippen LogP contribution is 2.11. The van der Waals surface area contributed by atoms with E-state index in [1.807, 2.05) is 11.8 Å². The SMILES string of the molecule is C[C@H]1CNCCN1C(=O)c1cccc(C#N)c1. The topological polar surface area (TPSA) is 56.1 Å². The minimum absolute atomic E-state index is 0.0103. The van der Waals surface area contributed by atoms with Gasteiger partial charge in [0, 0.05) is 31.2 Å². The van der Waals surface area contributed by atoms with Crippen LogP contribution in [0.15, 0.2) is 24.3 Å². The minimum Gasteiger partial charge on any atom is -0.333 e. The highest BCUT2D eigenvalue weighted by molar-refractivity contribution is 5.94. The van der Waals surface area contributed by atoms with Crippen LogP contribution in [-0.2, 0) is 0 Å². The third-order valence-corrected chi connectivity index (χ3v) is 3.00. The molecule has 0 aromatic heterocycles. The molecule has 0 unspecified atom stereocenters. The molecule has 17 heavy (non-hydrogen) atoms. The predicted molar refractivity (Wildman–Crippen MR) is 64.5 cm³/mol. The normalized spacial score (nSPS) is 19.8. The van der Waals surface area contributed by atoms with Gasteiger partial charge in [-0.15, -0.1) is 0 Å². The molecule has 1 amide bonds. The number of rotatable bonds is 1. The maximum absolute atomic E-state index is 12.3. The summed E-state index contributed by atoms with van der Waals surface area (Å²) in [6, 6.07) is 9.12. The van der Waals surface area contributed by atoms with Crippen molar-refractivity contribution in [2.75, 3.05) is 19.6 Å². The standard InChI is InChI=1S/C13H15N3O/c1-10-9-15-5-6-16(10)13(17)12-4-2-3-11(7-12)8-14/h2-4,7,10,15H,5-6,9H2,1H3/t10-/m0/s1. The lowest BCUT2D eigenvalue weighted by Crippen LogP contribution is -2.52. The third kappa shape index (κ3) is 2.45. The summed E-state index contributed by atoms with van der Waals surface area (Å²) in [4.78, 5) is 14.1. The van der Waals surface area contributed by atoms with Crippen LogP contribution in [0.4, 0.5) is 0 Å². The molecule has 0 bridgehead atoms. The van der Waals surface area contributed by atoms with Gasteiger partial charge in [-0.2, -0.15) is 5.26 Å². The molecule has 1 N–H and O–H groups in total. The number of amides is 1. The zero-order valence-electron chi connectivity index (χ0n) is 9.81. The van der Waals surface area contributed by atoms with Crippen LogP contribution in [0, 0.1) is 11.3 Å². The molecular weight excluding hydrogens is 214 g/mol. The van der Waals surface area contributed by atoms with Crippen molar-refractivity contribution >= 4 is 5.91 Å². The zero-order chi connectivity index (χ0) is 12.3. The van der Waals surface area contributed by atoms with Crippen molar-refractivity contribution in [2.24, 2.45) is 0 Å². The number of carbonyl (C=O) groups is 1. The quantitative estimate of drug-likeness (QED) is 0.781. The van der Waals surface area contributed by atoms with E-state index in [9.17, 15) is 4.79 Å². The Bertz CT molecular complexity index is 464. The predicted octanol–water partition coefficient (Wildman–Crippen LogP) is 0.992. The summed E-state index contributed by atoms with van der Waals surface area (Å²) < 4.78 is 0. The lowest BCUT2D eigenvalue weighted by molar-refractivity contribution is 0.0655. The Morgan fingerprint density at radius 1 is 1.59 bits per heavy atom. The summed E-state index contributed by atoms with van der Waals surface area (Å²) >= 11 is 0. The van der Waals surface area contributed by atoms with Crippen molar-refractivity contribution in [1.29, 1.82) is 5.26 Å².